The van der Waals surface area contributed by atoms with Gasteiger partial charge in [-0.3, -0.25) is 4.79 Å². The number of methoxy groups -OCH3 is 2. The van der Waals surface area contributed by atoms with Crippen LogP contribution in [0.5, 0.6) is 11.5 Å². The van der Waals surface area contributed by atoms with Crippen LogP contribution in [-0.2, 0) is 0 Å². The van der Waals surface area contributed by atoms with Crippen molar-refractivity contribution in [3.63, 3.8) is 0 Å². The van der Waals surface area contributed by atoms with Gasteiger partial charge in [-0.15, -0.1) is 5.10 Å². The summed E-state index contributed by atoms with van der Waals surface area (Å²) < 4.78 is 12.5. The lowest BCUT2D eigenvalue weighted by Crippen LogP contribution is -2.23. The van der Waals surface area contributed by atoms with Crippen molar-refractivity contribution >= 4 is 34.5 Å². The molecule has 0 unspecified atom stereocenters. The van der Waals surface area contributed by atoms with Gasteiger partial charge in [0.05, 0.1) is 18.8 Å². The summed E-state index contributed by atoms with van der Waals surface area (Å²) in [6.45, 7) is 0. The lowest BCUT2D eigenvalue weighted by atomic mass is 10.2. The minimum absolute atomic E-state index is 0.165. The summed E-state index contributed by atoms with van der Waals surface area (Å²) in [7, 11) is 3.19. The van der Waals surface area contributed by atoms with Crippen molar-refractivity contribution in [3.05, 3.63) is 80.4 Å². The number of hydrogen-bond donors (Lipinski definition) is 0. The van der Waals surface area contributed by atoms with Crippen LogP contribution in [0.1, 0.15) is 17.0 Å². The van der Waals surface area contributed by atoms with E-state index >= 15 is 0 Å². The molecule has 2 aromatic carbocycles. The normalized spacial score (nSPS) is 12.1. The van der Waals surface area contributed by atoms with Crippen molar-refractivity contribution in [3.8, 4) is 11.5 Å². The van der Waals surface area contributed by atoms with E-state index in [1.807, 2.05) is 60.7 Å². The van der Waals surface area contributed by atoms with Crippen molar-refractivity contribution < 1.29 is 9.47 Å². The Labute approximate surface area is 165 Å². The van der Waals surface area contributed by atoms with Gasteiger partial charge >= 0.3 is 0 Å². The maximum Gasteiger partial charge on any atom is 0.291 e. The van der Waals surface area contributed by atoms with Crippen LogP contribution < -0.4 is 19.6 Å². The Kier molecular flexibility index (Phi) is 4.90. The average Bonchev–Trinajstić information content (AvgIpc) is 3.26. The molecule has 4 rings (SSSR count). The van der Waals surface area contributed by atoms with E-state index in [9.17, 15) is 4.79 Å². The van der Waals surface area contributed by atoms with E-state index in [2.05, 4.69) is 10.1 Å². The van der Waals surface area contributed by atoms with E-state index in [1.54, 1.807) is 20.3 Å². The van der Waals surface area contributed by atoms with Crippen molar-refractivity contribution in [2.24, 2.45) is 0 Å². The van der Waals surface area contributed by atoms with Gasteiger partial charge in [0.1, 0.15) is 0 Å². The summed E-state index contributed by atoms with van der Waals surface area (Å²) in [4.78, 5) is 17.6. The lowest BCUT2D eigenvalue weighted by molar-refractivity contribution is 0.355. The molecule has 2 aromatic heterocycles. The molecule has 0 aliphatic carbocycles. The highest BCUT2D eigenvalue weighted by molar-refractivity contribution is 7.15. The second kappa shape index (κ2) is 7.66. The van der Waals surface area contributed by atoms with Gasteiger partial charge in [0.25, 0.3) is 5.56 Å². The zero-order chi connectivity index (χ0) is 19.5. The SMILES string of the molecule is COc1ccc(/C=C/c2nc3s/c(=C\c4ccccc4)c(=O)n3n2)cc1OC. The summed E-state index contributed by atoms with van der Waals surface area (Å²) in [5.41, 5.74) is 1.72. The average molecular weight is 391 g/mol. The standard InChI is InChI=1S/C21H17N3O3S/c1-26-16-10-8-15(12-17(16)27-2)9-11-19-22-21-24(23-19)20(25)18(28-21)13-14-6-4-3-5-7-14/h3-13H,1-2H3/b11-9+,18-13-. The molecule has 2 heterocycles. The first-order chi connectivity index (χ1) is 13.7. The van der Waals surface area contributed by atoms with E-state index < -0.39 is 0 Å². The second-order valence-corrected chi connectivity index (χ2v) is 6.95. The van der Waals surface area contributed by atoms with Crippen molar-refractivity contribution in [1.82, 2.24) is 14.6 Å². The number of rotatable bonds is 5. The smallest absolute Gasteiger partial charge is 0.291 e. The molecular weight excluding hydrogens is 374 g/mol. The quantitative estimate of drug-likeness (QED) is 0.523. The number of nitrogens with zero attached hydrogens (tertiary/aromatic N) is 3. The third-order valence-corrected chi connectivity index (χ3v) is 5.09. The van der Waals surface area contributed by atoms with E-state index in [-0.39, 0.29) is 5.56 Å². The predicted octanol–water partition coefficient (Wildman–Crippen LogP) is 2.89. The van der Waals surface area contributed by atoms with Gasteiger partial charge in [-0.25, -0.2) is 0 Å². The summed E-state index contributed by atoms with van der Waals surface area (Å²) >= 11 is 1.32. The molecule has 0 fully saturated rings. The Balaban J connectivity index is 1.64. The van der Waals surface area contributed by atoms with E-state index in [0.717, 1.165) is 11.1 Å². The Bertz CT molecular complexity index is 1260. The summed E-state index contributed by atoms with van der Waals surface area (Å²) in [6, 6.07) is 15.3. The highest BCUT2D eigenvalue weighted by atomic mass is 32.1. The van der Waals surface area contributed by atoms with Crippen molar-refractivity contribution in [2.45, 2.75) is 0 Å². The molecule has 0 spiro atoms. The Morgan fingerprint density at radius 2 is 1.75 bits per heavy atom. The zero-order valence-electron chi connectivity index (χ0n) is 15.3. The minimum Gasteiger partial charge on any atom is -0.493 e. The number of thiazole rings is 1. The van der Waals surface area contributed by atoms with Crippen LogP contribution in [0.3, 0.4) is 0 Å². The monoisotopic (exact) mass is 391 g/mol. The molecule has 0 saturated heterocycles. The van der Waals surface area contributed by atoms with E-state index in [0.29, 0.717) is 26.8 Å². The fourth-order valence-corrected chi connectivity index (χ4v) is 3.66. The molecule has 140 valence electrons. The van der Waals surface area contributed by atoms with Crippen LogP contribution in [0.4, 0.5) is 0 Å². The van der Waals surface area contributed by atoms with E-state index in [1.165, 1.54) is 15.9 Å². The van der Waals surface area contributed by atoms with Crippen LogP contribution in [0.15, 0.2) is 53.3 Å². The topological polar surface area (TPSA) is 65.7 Å². The maximum atomic E-state index is 12.6. The Morgan fingerprint density at radius 1 is 0.964 bits per heavy atom. The van der Waals surface area contributed by atoms with Gasteiger partial charge in [-0.05, 0) is 35.4 Å². The summed E-state index contributed by atoms with van der Waals surface area (Å²) in [5.74, 6) is 1.79. The largest absolute Gasteiger partial charge is 0.493 e. The molecule has 0 atom stereocenters. The number of fused-ring (bicyclic) bond motifs is 1. The first-order valence-electron chi connectivity index (χ1n) is 8.54. The molecular formula is C21H17N3O3S. The molecule has 0 aliphatic heterocycles. The van der Waals surface area contributed by atoms with Gasteiger partial charge in [-0.2, -0.15) is 9.50 Å². The summed E-state index contributed by atoms with van der Waals surface area (Å²) in [6.07, 6.45) is 5.48. The van der Waals surface area contributed by atoms with Gasteiger partial charge in [-0.1, -0.05) is 53.8 Å². The van der Waals surface area contributed by atoms with Gasteiger partial charge in [0.2, 0.25) is 4.96 Å². The Hall–Kier alpha value is -3.45. The van der Waals surface area contributed by atoms with Gasteiger partial charge in [0.15, 0.2) is 17.3 Å². The third kappa shape index (κ3) is 3.52. The van der Waals surface area contributed by atoms with Crippen LogP contribution in [-0.4, -0.2) is 28.8 Å². The fraction of sp³-hybridized carbons (Fsp3) is 0.0952. The first kappa shape index (κ1) is 17.9. The predicted molar refractivity (Wildman–Crippen MR) is 111 cm³/mol. The summed E-state index contributed by atoms with van der Waals surface area (Å²) in [5, 5.41) is 4.31. The van der Waals surface area contributed by atoms with Crippen LogP contribution in [0, 0.1) is 0 Å². The number of aromatic nitrogens is 3. The van der Waals surface area contributed by atoms with Crippen LogP contribution >= 0.6 is 11.3 Å². The highest BCUT2D eigenvalue weighted by Gasteiger charge is 2.09. The van der Waals surface area contributed by atoms with Gasteiger partial charge in [0, 0.05) is 0 Å². The molecule has 0 amide bonds. The molecule has 28 heavy (non-hydrogen) atoms. The third-order valence-electron chi connectivity index (χ3n) is 4.13. The number of hydrogen-bond acceptors (Lipinski definition) is 6. The molecule has 0 radical (unpaired) electrons. The van der Waals surface area contributed by atoms with Crippen molar-refractivity contribution in [1.29, 1.82) is 0 Å². The zero-order valence-corrected chi connectivity index (χ0v) is 16.1. The lowest BCUT2D eigenvalue weighted by Gasteiger charge is -2.07. The van der Waals surface area contributed by atoms with Gasteiger partial charge < -0.3 is 9.47 Å². The number of benzene rings is 2. The molecule has 0 bridgehead atoms. The van der Waals surface area contributed by atoms with E-state index in [4.69, 9.17) is 9.47 Å². The second-order valence-electron chi connectivity index (χ2n) is 5.94. The van der Waals surface area contributed by atoms with Crippen LogP contribution in [0.2, 0.25) is 0 Å². The fourth-order valence-electron chi connectivity index (χ4n) is 2.75. The molecule has 4 aromatic rings. The first-order valence-corrected chi connectivity index (χ1v) is 9.36. The molecule has 0 saturated carbocycles. The molecule has 0 N–H and O–H groups in total. The Morgan fingerprint density at radius 3 is 2.46 bits per heavy atom. The minimum atomic E-state index is -0.165. The molecule has 7 heteroatoms. The van der Waals surface area contributed by atoms with Crippen LogP contribution in [0.25, 0.3) is 23.2 Å². The molecule has 6 nitrogen and oxygen atoms in total. The number of ether oxygens (including phenoxy) is 2. The molecule has 0 aliphatic rings. The maximum absolute atomic E-state index is 12.6. The highest BCUT2D eigenvalue weighted by Crippen LogP contribution is 2.28. The van der Waals surface area contributed by atoms with Crippen molar-refractivity contribution in [2.75, 3.05) is 14.2 Å².